The van der Waals surface area contributed by atoms with Crippen molar-refractivity contribution in [3.05, 3.63) is 0 Å². The second-order valence-corrected chi connectivity index (χ2v) is 7.21. The number of piperidine rings is 1. The Morgan fingerprint density at radius 3 is 2.50 bits per heavy atom. The average Bonchev–Trinajstić information content (AvgIpc) is 2.60. The summed E-state index contributed by atoms with van der Waals surface area (Å²) in [5, 5.41) is 5.62. The molecule has 1 aliphatic carbocycles. The molecule has 6 nitrogen and oxygen atoms in total. The van der Waals surface area contributed by atoms with Gasteiger partial charge in [-0.1, -0.05) is 19.8 Å². The zero-order chi connectivity index (χ0) is 17.4. The first-order chi connectivity index (χ1) is 11.6. The first kappa shape index (κ1) is 19.0. The molecule has 0 spiro atoms. The van der Waals surface area contributed by atoms with Crippen LogP contribution in [0.1, 0.15) is 51.9 Å². The van der Waals surface area contributed by atoms with Crippen molar-refractivity contribution in [1.29, 1.82) is 0 Å². The molecular formula is C18H33N3O3. The quantitative estimate of drug-likeness (QED) is 0.728. The zero-order valence-corrected chi connectivity index (χ0v) is 15.2. The number of amides is 3. The lowest BCUT2D eigenvalue weighted by Gasteiger charge is -2.32. The Balaban J connectivity index is 1.57. The van der Waals surface area contributed by atoms with Gasteiger partial charge < -0.3 is 20.3 Å². The van der Waals surface area contributed by atoms with Crippen LogP contribution in [0.3, 0.4) is 0 Å². The van der Waals surface area contributed by atoms with E-state index in [9.17, 15) is 9.59 Å². The van der Waals surface area contributed by atoms with Gasteiger partial charge >= 0.3 is 6.03 Å². The average molecular weight is 339 g/mol. The molecule has 2 rings (SSSR count). The fourth-order valence-electron chi connectivity index (χ4n) is 3.71. The van der Waals surface area contributed by atoms with E-state index in [1.54, 1.807) is 7.05 Å². The van der Waals surface area contributed by atoms with Gasteiger partial charge in [-0.25, -0.2) is 4.79 Å². The summed E-state index contributed by atoms with van der Waals surface area (Å²) in [5.74, 6) is 1.12. The molecule has 1 saturated carbocycles. The molecule has 1 saturated heterocycles. The SMILES string of the molecule is CNC(=O)CC1CCN(C(=O)NCCO[C@@H]2CCCC[C@@H]2C)CC1. The molecular weight excluding hydrogens is 306 g/mol. The number of nitrogens with one attached hydrogen (secondary N) is 2. The fourth-order valence-corrected chi connectivity index (χ4v) is 3.71. The van der Waals surface area contributed by atoms with Crippen LogP contribution in [0.4, 0.5) is 4.79 Å². The Labute approximate surface area is 145 Å². The highest BCUT2D eigenvalue weighted by Crippen LogP contribution is 2.26. The number of hydrogen-bond acceptors (Lipinski definition) is 3. The summed E-state index contributed by atoms with van der Waals surface area (Å²) in [5.41, 5.74) is 0. The van der Waals surface area contributed by atoms with Gasteiger partial charge in [-0.2, -0.15) is 0 Å². The lowest BCUT2D eigenvalue weighted by atomic mass is 9.88. The van der Waals surface area contributed by atoms with Crippen LogP contribution in [0.15, 0.2) is 0 Å². The third-order valence-electron chi connectivity index (χ3n) is 5.40. The number of carbonyl (C=O) groups excluding carboxylic acids is 2. The summed E-state index contributed by atoms with van der Waals surface area (Å²) in [6.45, 7) is 4.88. The second-order valence-electron chi connectivity index (χ2n) is 7.21. The minimum atomic E-state index is -0.00585. The van der Waals surface area contributed by atoms with E-state index in [1.165, 1.54) is 19.3 Å². The van der Waals surface area contributed by atoms with Crippen LogP contribution in [0, 0.1) is 11.8 Å². The van der Waals surface area contributed by atoms with Crippen molar-refractivity contribution in [2.45, 2.75) is 58.0 Å². The van der Waals surface area contributed by atoms with Crippen LogP contribution >= 0.6 is 0 Å². The Morgan fingerprint density at radius 1 is 1.12 bits per heavy atom. The molecule has 3 amide bonds. The number of carbonyl (C=O) groups is 2. The molecule has 24 heavy (non-hydrogen) atoms. The van der Waals surface area contributed by atoms with Crippen LogP contribution in [0.5, 0.6) is 0 Å². The van der Waals surface area contributed by atoms with E-state index in [0.29, 0.717) is 37.5 Å². The van der Waals surface area contributed by atoms with Crippen molar-refractivity contribution >= 4 is 11.9 Å². The summed E-state index contributed by atoms with van der Waals surface area (Å²) in [6, 6.07) is -0.00585. The molecule has 0 aromatic carbocycles. The van der Waals surface area contributed by atoms with Crippen molar-refractivity contribution < 1.29 is 14.3 Å². The Hall–Kier alpha value is -1.30. The van der Waals surface area contributed by atoms with Gasteiger partial charge in [-0.15, -0.1) is 0 Å². The predicted octanol–water partition coefficient (Wildman–Crippen LogP) is 2.14. The van der Waals surface area contributed by atoms with Crippen molar-refractivity contribution in [2.75, 3.05) is 33.3 Å². The molecule has 0 aromatic rings. The van der Waals surface area contributed by atoms with E-state index in [4.69, 9.17) is 4.74 Å². The summed E-state index contributed by atoms with van der Waals surface area (Å²) < 4.78 is 5.93. The monoisotopic (exact) mass is 339 g/mol. The van der Waals surface area contributed by atoms with E-state index in [-0.39, 0.29) is 11.9 Å². The number of likely N-dealkylation sites (tertiary alicyclic amines) is 1. The number of rotatable bonds is 6. The zero-order valence-electron chi connectivity index (χ0n) is 15.2. The maximum Gasteiger partial charge on any atom is 0.317 e. The van der Waals surface area contributed by atoms with E-state index in [0.717, 1.165) is 32.4 Å². The third-order valence-corrected chi connectivity index (χ3v) is 5.40. The molecule has 2 atom stereocenters. The van der Waals surface area contributed by atoms with E-state index < -0.39 is 0 Å². The first-order valence-electron chi connectivity index (χ1n) is 9.45. The second kappa shape index (κ2) is 9.87. The highest BCUT2D eigenvalue weighted by molar-refractivity contribution is 5.76. The summed E-state index contributed by atoms with van der Waals surface area (Å²) in [6.07, 6.45) is 7.69. The molecule has 2 aliphatic rings. The van der Waals surface area contributed by atoms with E-state index in [2.05, 4.69) is 17.6 Å². The van der Waals surface area contributed by atoms with Crippen molar-refractivity contribution in [2.24, 2.45) is 11.8 Å². The smallest absolute Gasteiger partial charge is 0.317 e. The minimum Gasteiger partial charge on any atom is -0.376 e. The normalized spacial score (nSPS) is 25.3. The summed E-state index contributed by atoms with van der Waals surface area (Å²) >= 11 is 0. The highest BCUT2D eigenvalue weighted by Gasteiger charge is 2.24. The fraction of sp³-hybridized carbons (Fsp3) is 0.889. The van der Waals surface area contributed by atoms with Gasteiger partial charge in [-0.3, -0.25) is 4.79 Å². The third kappa shape index (κ3) is 5.96. The Morgan fingerprint density at radius 2 is 1.83 bits per heavy atom. The maximum absolute atomic E-state index is 12.2. The predicted molar refractivity (Wildman–Crippen MR) is 93.8 cm³/mol. The number of urea groups is 1. The van der Waals surface area contributed by atoms with Crippen molar-refractivity contribution in [3.8, 4) is 0 Å². The van der Waals surface area contributed by atoms with Gasteiger partial charge in [0.2, 0.25) is 5.91 Å². The number of nitrogens with zero attached hydrogens (tertiary/aromatic N) is 1. The largest absolute Gasteiger partial charge is 0.376 e. The van der Waals surface area contributed by atoms with Gasteiger partial charge in [0.1, 0.15) is 0 Å². The molecule has 1 aliphatic heterocycles. The topological polar surface area (TPSA) is 70.7 Å². The number of hydrogen-bond donors (Lipinski definition) is 2. The number of ether oxygens (including phenoxy) is 1. The standard InChI is InChI=1S/C18H33N3O3/c1-14-5-3-4-6-16(14)24-12-9-20-18(23)21-10-7-15(8-11-21)13-17(22)19-2/h14-16H,3-13H2,1-2H3,(H,19,22)(H,20,23)/t14-,16+/m0/s1. The van der Waals surface area contributed by atoms with Crippen LogP contribution in [-0.2, 0) is 9.53 Å². The van der Waals surface area contributed by atoms with Crippen molar-refractivity contribution in [3.63, 3.8) is 0 Å². The molecule has 0 bridgehead atoms. The minimum absolute atomic E-state index is 0.00585. The molecule has 0 aromatic heterocycles. The lowest BCUT2D eigenvalue weighted by Crippen LogP contribution is -2.46. The van der Waals surface area contributed by atoms with E-state index >= 15 is 0 Å². The van der Waals surface area contributed by atoms with Gasteiger partial charge in [0.25, 0.3) is 0 Å². The van der Waals surface area contributed by atoms with Gasteiger partial charge in [0.15, 0.2) is 0 Å². The lowest BCUT2D eigenvalue weighted by molar-refractivity contribution is -0.121. The van der Waals surface area contributed by atoms with Crippen LogP contribution in [0.25, 0.3) is 0 Å². The molecule has 0 unspecified atom stereocenters. The Kier molecular flexibility index (Phi) is 7.82. The first-order valence-corrected chi connectivity index (χ1v) is 9.45. The molecule has 6 heteroatoms. The van der Waals surface area contributed by atoms with Crippen LogP contribution in [-0.4, -0.2) is 56.2 Å². The highest BCUT2D eigenvalue weighted by atomic mass is 16.5. The molecule has 2 fully saturated rings. The molecule has 1 heterocycles. The van der Waals surface area contributed by atoms with E-state index in [1.807, 2.05) is 4.90 Å². The molecule has 2 N–H and O–H groups in total. The van der Waals surface area contributed by atoms with Gasteiger partial charge in [-0.05, 0) is 37.5 Å². The molecule has 0 radical (unpaired) electrons. The van der Waals surface area contributed by atoms with Gasteiger partial charge in [0.05, 0.1) is 12.7 Å². The van der Waals surface area contributed by atoms with Crippen LogP contribution in [0.2, 0.25) is 0 Å². The van der Waals surface area contributed by atoms with Crippen molar-refractivity contribution in [1.82, 2.24) is 15.5 Å². The molecule has 138 valence electrons. The summed E-state index contributed by atoms with van der Waals surface area (Å²) in [7, 11) is 1.67. The van der Waals surface area contributed by atoms with Gasteiger partial charge in [0, 0.05) is 33.1 Å². The maximum atomic E-state index is 12.2. The van der Waals surface area contributed by atoms with Crippen LogP contribution < -0.4 is 10.6 Å². The summed E-state index contributed by atoms with van der Waals surface area (Å²) in [4.78, 5) is 25.4. The Bertz CT molecular complexity index is 408.